The average molecular weight is 182 g/mol. The van der Waals surface area contributed by atoms with Gasteiger partial charge in [0.05, 0.1) is 5.92 Å². The van der Waals surface area contributed by atoms with E-state index in [1.54, 1.807) is 7.05 Å². The van der Waals surface area contributed by atoms with Crippen molar-refractivity contribution in [3.8, 4) is 0 Å². The Kier molecular flexibility index (Phi) is 4.25. The first-order chi connectivity index (χ1) is 6.27. The van der Waals surface area contributed by atoms with Crippen molar-refractivity contribution in [2.75, 3.05) is 20.1 Å². The summed E-state index contributed by atoms with van der Waals surface area (Å²) < 4.78 is 0. The zero-order valence-corrected chi connectivity index (χ0v) is 8.34. The molecule has 73 valence electrons. The topological polar surface area (TPSA) is 44.4 Å². The molecule has 0 aromatic heterocycles. The van der Waals surface area contributed by atoms with Gasteiger partial charge in [-0.3, -0.25) is 10.2 Å². The lowest BCUT2D eigenvalue weighted by Crippen LogP contribution is -2.46. The Morgan fingerprint density at radius 1 is 1.62 bits per heavy atom. The van der Waals surface area contributed by atoms with Crippen LogP contribution in [0.1, 0.15) is 12.8 Å². The molecule has 1 unspecified atom stereocenters. The third-order valence-corrected chi connectivity index (χ3v) is 2.44. The number of hydrazine groups is 1. The summed E-state index contributed by atoms with van der Waals surface area (Å²) in [5.74, 6) is 0.242. The van der Waals surface area contributed by atoms with Gasteiger partial charge in [-0.2, -0.15) is 0 Å². The maximum atomic E-state index is 11.4. The van der Waals surface area contributed by atoms with Crippen LogP contribution in [0.5, 0.6) is 0 Å². The lowest BCUT2D eigenvalue weighted by molar-refractivity contribution is -0.126. The monoisotopic (exact) mass is 182 g/mol. The normalized spacial score (nSPS) is 24.0. The van der Waals surface area contributed by atoms with Crippen LogP contribution >= 0.6 is 0 Å². The predicted octanol–water partition coefficient (Wildman–Crippen LogP) is -0.384. The molecule has 1 aliphatic heterocycles. The first-order valence-corrected chi connectivity index (χ1v) is 4.78. The van der Waals surface area contributed by atoms with Gasteiger partial charge in [-0.15, -0.1) is 0 Å². The lowest BCUT2D eigenvalue weighted by atomic mass is 9.87. The van der Waals surface area contributed by atoms with Crippen LogP contribution < -0.4 is 10.9 Å². The molecule has 1 rings (SSSR count). The molecular weight excluding hydrogens is 165 g/mol. The van der Waals surface area contributed by atoms with E-state index in [4.69, 9.17) is 0 Å². The summed E-state index contributed by atoms with van der Waals surface area (Å²) in [6.07, 6.45) is 2.10. The molecule has 0 saturated carbocycles. The Morgan fingerprint density at radius 2 is 2.38 bits per heavy atom. The van der Waals surface area contributed by atoms with Gasteiger partial charge in [-0.25, -0.2) is 5.43 Å². The first-order valence-electron chi connectivity index (χ1n) is 4.78. The maximum Gasteiger partial charge on any atom is 0.238 e. The molecule has 0 aromatic rings. The van der Waals surface area contributed by atoms with E-state index in [0.29, 0.717) is 0 Å². The molecular formula is C8H17BN3O. The summed E-state index contributed by atoms with van der Waals surface area (Å²) in [4.78, 5) is 13.6. The van der Waals surface area contributed by atoms with Gasteiger partial charge in [0.2, 0.25) is 13.3 Å². The largest absolute Gasteiger partial charge is 0.346 e. The number of hydrogen-bond acceptors (Lipinski definition) is 3. The molecule has 1 heterocycles. The van der Waals surface area contributed by atoms with E-state index in [1.807, 2.05) is 6.82 Å². The number of rotatable bonds is 3. The molecule has 1 amide bonds. The van der Waals surface area contributed by atoms with E-state index in [-0.39, 0.29) is 11.8 Å². The number of piperidine rings is 1. The molecule has 2 N–H and O–H groups in total. The highest BCUT2D eigenvalue weighted by atomic mass is 16.2. The minimum absolute atomic E-state index is 0.106. The maximum absolute atomic E-state index is 11.4. The predicted molar refractivity (Wildman–Crippen MR) is 53.1 cm³/mol. The quantitative estimate of drug-likeness (QED) is 0.461. The SMILES string of the molecule is C[B]N1CCCC(C(=O)NNC)C1. The number of amides is 1. The van der Waals surface area contributed by atoms with Crippen LogP contribution in [-0.4, -0.2) is 38.3 Å². The van der Waals surface area contributed by atoms with Gasteiger partial charge in [0.15, 0.2) is 0 Å². The molecule has 1 aliphatic rings. The van der Waals surface area contributed by atoms with Crippen molar-refractivity contribution in [2.24, 2.45) is 5.92 Å². The highest BCUT2D eigenvalue weighted by Crippen LogP contribution is 2.15. The van der Waals surface area contributed by atoms with Crippen LogP contribution in [0.3, 0.4) is 0 Å². The Morgan fingerprint density at radius 3 is 3.00 bits per heavy atom. The summed E-state index contributed by atoms with van der Waals surface area (Å²) in [6, 6.07) is 0. The highest BCUT2D eigenvalue weighted by molar-refractivity contribution is 6.29. The zero-order chi connectivity index (χ0) is 9.68. The van der Waals surface area contributed by atoms with Crippen molar-refractivity contribution in [2.45, 2.75) is 19.7 Å². The molecule has 0 spiro atoms. The second kappa shape index (κ2) is 5.24. The van der Waals surface area contributed by atoms with Crippen LogP contribution in [0.15, 0.2) is 0 Å². The number of carbonyl (C=O) groups is 1. The minimum atomic E-state index is 0.106. The summed E-state index contributed by atoms with van der Waals surface area (Å²) >= 11 is 0. The van der Waals surface area contributed by atoms with Gasteiger partial charge in [0.25, 0.3) is 0 Å². The highest BCUT2D eigenvalue weighted by Gasteiger charge is 2.24. The summed E-state index contributed by atoms with van der Waals surface area (Å²) in [6.45, 7) is 3.95. The van der Waals surface area contributed by atoms with Crippen molar-refractivity contribution in [3.63, 3.8) is 0 Å². The first kappa shape index (κ1) is 10.5. The van der Waals surface area contributed by atoms with Crippen molar-refractivity contribution in [3.05, 3.63) is 0 Å². The number of hydrogen-bond donors (Lipinski definition) is 2. The molecule has 5 heteroatoms. The van der Waals surface area contributed by atoms with Crippen molar-refractivity contribution < 1.29 is 4.79 Å². The van der Waals surface area contributed by atoms with Gasteiger partial charge in [0, 0.05) is 7.05 Å². The summed E-state index contributed by atoms with van der Waals surface area (Å²) in [5, 5.41) is 0. The van der Waals surface area contributed by atoms with Crippen LogP contribution in [0.4, 0.5) is 0 Å². The van der Waals surface area contributed by atoms with E-state index in [0.717, 1.165) is 25.9 Å². The van der Waals surface area contributed by atoms with Gasteiger partial charge in [-0.1, -0.05) is 6.82 Å². The second-order valence-electron chi connectivity index (χ2n) is 3.33. The van der Waals surface area contributed by atoms with Gasteiger partial charge < -0.3 is 4.81 Å². The molecule has 0 aromatic carbocycles. The Balaban J connectivity index is 2.37. The smallest absolute Gasteiger partial charge is 0.238 e. The van der Waals surface area contributed by atoms with Gasteiger partial charge in [-0.05, 0) is 25.9 Å². The van der Waals surface area contributed by atoms with E-state index in [2.05, 4.69) is 23.1 Å². The standard InChI is InChI=1S/C8H17BN3O/c1-9-12-5-3-4-7(6-12)8(13)11-10-2/h7,10H,3-6H2,1-2H3,(H,11,13). The van der Waals surface area contributed by atoms with Crippen LogP contribution in [0, 0.1) is 5.92 Å². The second-order valence-corrected chi connectivity index (χ2v) is 3.33. The van der Waals surface area contributed by atoms with E-state index < -0.39 is 0 Å². The minimum Gasteiger partial charge on any atom is -0.346 e. The summed E-state index contributed by atoms with van der Waals surface area (Å²) in [5.41, 5.74) is 5.30. The molecule has 0 aliphatic carbocycles. The molecule has 1 saturated heterocycles. The molecule has 4 nitrogen and oxygen atoms in total. The lowest BCUT2D eigenvalue weighted by Gasteiger charge is -2.30. The fraction of sp³-hybridized carbons (Fsp3) is 0.875. The third-order valence-electron chi connectivity index (χ3n) is 2.44. The van der Waals surface area contributed by atoms with E-state index >= 15 is 0 Å². The van der Waals surface area contributed by atoms with Crippen LogP contribution in [0.25, 0.3) is 0 Å². The Bertz CT molecular complexity index is 177. The van der Waals surface area contributed by atoms with Gasteiger partial charge >= 0.3 is 0 Å². The molecule has 1 atom stereocenters. The van der Waals surface area contributed by atoms with Crippen LogP contribution in [-0.2, 0) is 4.79 Å². The third kappa shape index (κ3) is 3.01. The number of nitrogens with one attached hydrogen (secondary N) is 2. The molecule has 13 heavy (non-hydrogen) atoms. The zero-order valence-electron chi connectivity index (χ0n) is 8.34. The van der Waals surface area contributed by atoms with Crippen LogP contribution in [0.2, 0.25) is 6.82 Å². The Hall–Kier alpha value is -0.545. The summed E-state index contributed by atoms with van der Waals surface area (Å²) in [7, 11) is 3.77. The van der Waals surface area contributed by atoms with E-state index in [1.165, 1.54) is 0 Å². The number of nitrogens with zero attached hydrogens (tertiary/aromatic N) is 1. The fourth-order valence-corrected chi connectivity index (χ4v) is 1.68. The average Bonchev–Trinajstić information content (AvgIpc) is 2.18. The molecule has 1 fully saturated rings. The molecule has 0 bridgehead atoms. The van der Waals surface area contributed by atoms with Crippen molar-refractivity contribution >= 4 is 13.3 Å². The van der Waals surface area contributed by atoms with Gasteiger partial charge in [0.1, 0.15) is 0 Å². The van der Waals surface area contributed by atoms with Crippen molar-refractivity contribution in [1.29, 1.82) is 0 Å². The Labute approximate surface area is 80.3 Å². The fourth-order valence-electron chi connectivity index (χ4n) is 1.68. The van der Waals surface area contributed by atoms with Crippen molar-refractivity contribution in [1.82, 2.24) is 15.7 Å². The number of carbonyl (C=O) groups excluding carboxylic acids is 1. The van der Waals surface area contributed by atoms with E-state index in [9.17, 15) is 4.79 Å². The molecule has 1 radical (unpaired) electrons.